The van der Waals surface area contributed by atoms with E-state index in [0.29, 0.717) is 48.2 Å². The van der Waals surface area contributed by atoms with Crippen LogP contribution in [0.2, 0.25) is 0 Å². The molecule has 4 aliphatic carbocycles. The second kappa shape index (κ2) is 8.19. The van der Waals surface area contributed by atoms with Crippen molar-refractivity contribution in [2.45, 2.75) is 70.8 Å². The summed E-state index contributed by atoms with van der Waals surface area (Å²) in [6.07, 6.45) is 8.62. The van der Waals surface area contributed by atoms with Crippen LogP contribution in [0.25, 0.3) is 0 Å². The zero-order chi connectivity index (χ0) is 21.6. The number of hydrogen-bond acceptors (Lipinski definition) is 6. The molecular formula is C23H31N3O4S. The van der Waals surface area contributed by atoms with E-state index in [4.69, 9.17) is 4.74 Å². The van der Waals surface area contributed by atoms with Crippen LogP contribution in [-0.2, 0) is 25.5 Å². The minimum Gasteiger partial charge on any atom is -0.466 e. The number of ether oxygens (including phenoxy) is 1. The standard InChI is InChI=1S/C23H31N3O4S/c1-2-30-19(27)9-17-13-31-22(24-17)25-20(28)18-4-3-5-26(18)21(29)23-10-14-6-15(11-23)8-16(7-14)12-23/h13-16,18H,2-12H2,1H3,(H,24,25,28)/t14?,15?,16?,18-,23?/m0/s1. The Morgan fingerprint density at radius 2 is 1.87 bits per heavy atom. The Hall–Kier alpha value is -1.96. The number of carbonyl (C=O) groups is 3. The molecule has 1 saturated heterocycles. The summed E-state index contributed by atoms with van der Waals surface area (Å²) in [5.74, 6) is 1.86. The molecule has 1 atom stereocenters. The Labute approximate surface area is 186 Å². The fourth-order valence-electron chi connectivity index (χ4n) is 6.95. The van der Waals surface area contributed by atoms with Crippen LogP contribution in [0.15, 0.2) is 5.38 Å². The van der Waals surface area contributed by atoms with Crippen molar-refractivity contribution in [2.24, 2.45) is 23.2 Å². The Morgan fingerprint density at radius 3 is 2.52 bits per heavy atom. The third-order valence-electron chi connectivity index (χ3n) is 7.72. The second-order valence-electron chi connectivity index (χ2n) is 9.97. The van der Waals surface area contributed by atoms with Crippen molar-refractivity contribution in [3.05, 3.63) is 11.1 Å². The van der Waals surface area contributed by atoms with Gasteiger partial charge in [0.05, 0.1) is 24.1 Å². The molecule has 6 rings (SSSR count). The van der Waals surface area contributed by atoms with Crippen molar-refractivity contribution in [1.82, 2.24) is 9.88 Å². The minimum absolute atomic E-state index is 0.0975. The topological polar surface area (TPSA) is 88.6 Å². The van der Waals surface area contributed by atoms with Gasteiger partial charge in [-0.05, 0) is 76.0 Å². The molecule has 7 nitrogen and oxygen atoms in total. The van der Waals surface area contributed by atoms with Crippen molar-refractivity contribution in [1.29, 1.82) is 0 Å². The first kappa shape index (κ1) is 20.9. The number of aromatic nitrogens is 1. The maximum Gasteiger partial charge on any atom is 0.311 e. The quantitative estimate of drug-likeness (QED) is 0.678. The van der Waals surface area contributed by atoms with Crippen LogP contribution < -0.4 is 5.32 Å². The maximum atomic E-state index is 13.7. The van der Waals surface area contributed by atoms with E-state index in [-0.39, 0.29) is 29.6 Å². The number of thiazole rings is 1. The Balaban J connectivity index is 1.24. The molecule has 0 radical (unpaired) electrons. The van der Waals surface area contributed by atoms with Crippen molar-refractivity contribution >= 4 is 34.3 Å². The van der Waals surface area contributed by atoms with Crippen LogP contribution in [0, 0.1) is 23.2 Å². The Morgan fingerprint density at radius 1 is 1.19 bits per heavy atom. The lowest BCUT2D eigenvalue weighted by atomic mass is 9.49. The molecule has 2 amide bonds. The molecular weight excluding hydrogens is 414 g/mol. The van der Waals surface area contributed by atoms with Gasteiger partial charge >= 0.3 is 5.97 Å². The molecule has 1 aromatic heterocycles. The van der Waals surface area contributed by atoms with E-state index >= 15 is 0 Å². The van der Waals surface area contributed by atoms with Gasteiger partial charge in [-0.15, -0.1) is 11.3 Å². The molecule has 4 saturated carbocycles. The highest BCUT2D eigenvalue weighted by atomic mass is 32.1. The van der Waals surface area contributed by atoms with Gasteiger partial charge in [0.2, 0.25) is 11.8 Å². The van der Waals surface area contributed by atoms with Gasteiger partial charge < -0.3 is 15.0 Å². The van der Waals surface area contributed by atoms with Crippen molar-refractivity contribution in [3.8, 4) is 0 Å². The number of nitrogens with one attached hydrogen (secondary N) is 1. The van der Waals surface area contributed by atoms with Crippen LogP contribution >= 0.6 is 11.3 Å². The van der Waals surface area contributed by atoms with Crippen LogP contribution in [0.4, 0.5) is 5.13 Å². The number of amides is 2. The van der Waals surface area contributed by atoms with Gasteiger partial charge in [0, 0.05) is 11.9 Å². The molecule has 5 fully saturated rings. The van der Waals surface area contributed by atoms with Crippen molar-refractivity contribution in [2.75, 3.05) is 18.5 Å². The van der Waals surface area contributed by atoms with E-state index in [1.54, 1.807) is 12.3 Å². The third kappa shape index (κ3) is 3.99. The molecule has 4 bridgehead atoms. The summed E-state index contributed by atoms with van der Waals surface area (Å²) in [5.41, 5.74) is 0.373. The average molecular weight is 446 g/mol. The molecule has 0 aromatic carbocycles. The zero-order valence-corrected chi connectivity index (χ0v) is 18.9. The number of anilines is 1. The Kier molecular flexibility index (Phi) is 5.52. The molecule has 1 aromatic rings. The third-order valence-corrected chi connectivity index (χ3v) is 8.53. The molecule has 1 N–H and O–H groups in total. The largest absolute Gasteiger partial charge is 0.466 e. The van der Waals surface area contributed by atoms with Gasteiger partial charge in [-0.2, -0.15) is 0 Å². The predicted octanol–water partition coefficient (Wildman–Crippen LogP) is 3.39. The lowest BCUT2D eigenvalue weighted by Gasteiger charge is -2.56. The highest BCUT2D eigenvalue weighted by Crippen LogP contribution is 2.60. The fraction of sp³-hybridized carbons (Fsp3) is 0.739. The van der Waals surface area contributed by atoms with Crippen LogP contribution in [0.5, 0.6) is 0 Å². The molecule has 2 heterocycles. The summed E-state index contributed by atoms with van der Waals surface area (Å²) in [5, 5.41) is 5.12. The summed E-state index contributed by atoms with van der Waals surface area (Å²) in [4.78, 5) is 44.7. The van der Waals surface area contributed by atoms with E-state index in [9.17, 15) is 14.4 Å². The number of carbonyl (C=O) groups excluding carboxylic acids is 3. The first-order valence-corrected chi connectivity index (χ1v) is 12.6. The van der Waals surface area contributed by atoms with Crippen molar-refractivity contribution in [3.63, 3.8) is 0 Å². The molecule has 31 heavy (non-hydrogen) atoms. The SMILES string of the molecule is CCOC(=O)Cc1csc(NC(=O)[C@@H]2CCCN2C(=O)C23CC4CC(CC(C4)C2)C3)n1. The highest BCUT2D eigenvalue weighted by molar-refractivity contribution is 7.13. The second-order valence-corrected chi connectivity index (χ2v) is 10.8. The lowest BCUT2D eigenvalue weighted by molar-refractivity contribution is -0.160. The van der Waals surface area contributed by atoms with Crippen molar-refractivity contribution < 1.29 is 19.1 Å². The summed E-state index contributed by atoms with van der Waals surface area (Å²) in [7, 11) is 0. The fourth-order valence-corrected chi connectivity index (χ4v) is 7.67. The molecule has 168 valence electrons. The van der Waals surface area contributed by atoms with Crippen LogP contribution in [0.1, 0.15) is 64.0 Å². The first-order valence-electron chi connectivity index (χ1n) is 11.7. The number of rotatable bonds is 6. The summed E-state index contributed by atoms with van der Waals surface area (Å²) < 4.78 is 4.95. The smallest absolute Gasteiger partial charge is 0.311 e. The first-order chi connectivity index (χ1) is 15.0. The van der Waals surface area contributed by atoms with E-state index in [0.717, 1.165) is 25.7 Å². The lowest BCUT2D eigenvalue weighted by Crippen LogP contribution is -2.56. The van der Waals surface area contributed by atoms with Gasteiger partial charge in [-0.3, -0.25) is 14.4 Å². The van der Waals surface area contributed by atoms with Gasteiger partial charge in [0.15, 0.2) is 5.13 Å². The van der Waals surface area contributed by atoms with E-state index in [1.165, 1.54) is 30.6 Å². The molecule has 8 heteroatoms. The Bertz CT molecular complexity index is 847. The summed E-state index contributed by atoms with van der Waals surface area (Å²) in [6.45, 7) is 2.77. The van der Waals surface area contributed by atoms with E-state index < -0.39 is 6.04 Å². The number of nitrogens with zero attached hydrogens (tertiary/aromatic N) is 2. The van der Waals surface area contributed by atoms with Gasteiger partial charge in [0.25, 0.3) is 0 Å². The van der Waals surface area contributed by atoms with Crippen LogP contribution in [0.3, 0.4) is 0 Å². The molecule has 1 aliphatic heterocycles. The van der Waals surface area contributed by atoms with Crippen LogP contribution in [-0.4, -0.2) is 46.9 Å². The highest BCUT2D eigenvalue weighted by Gasteiger charge is 2.56. The monoisotopic (exact) mass is 445 g/mol. The van der Waals surface area contributed by atoms with Gasteiger partial charge in [-0.25, -0.2) is 4.98 Å². The minimum atomic E-state index is -0.419. The predicted molar refractivity (Wildman–Crippen MR) is 116 cm³/mol. The van der Waals surface area contributed by atoms with E-state index in [2.05, 4.69) is 10.3 Å². The number of esters is 1. The summed E-state index contributed by atoms with van der Waals surface area (Å²) >= 11 is 1.30. The average Bonchev–Trinajstić information content (AvgIpc) is 3.36. The number of hydrogen-bond donors (Lipinski definition) is 1. The summed E-state index contributed by atoms with van der Waals surface area (Å²) in [6, 6.07) is -0.419. The van der Waals surface area contributed by atoms with E-state index in [1.807, 2.05) is 4.90 Å². The number of likely N-dealkylation sites (tertiary alicyclic amines) is 1. The van der Waals surface area contributed by atoms with Gasteiger partial charge in [-0.1, -0.05) is 0 Å². The molecule has 5 aliphatic rings. The maximum absolute atomic E-state index is 13.7. The van der Waals surface area contributed by atoms with Gasteiger partial charge in [0.1, 0.15) is 6.04 Å². The zero-order valence-electron chi connectivity index (χ0n) is 18.1. The normalized spacial score (nSPS) is 33.5. The molecule has 0 unspecified atom stereocenters. The molecule has 0 spiro atoms.